The molecule has 0 radical (unpaired) electrons. The summed E-state index contributed by atoms with van der Waals surface area (Å²) < 4.78 is 53.5. The van der Waals surface area contributed by atoms with Crippen molar-refractivity contribution in [3.8, 4) is 0 Å². The highest BCUT2D eigenvalue weighted by Crippen LogP contribution is 2.18. The van der Waals surface area contributed by atoms with E-state index in [1.807, 2.05) is 19.1 Å². The fourth-order valence-corrected chi connectivity index (χ4v) is 3.58. The van der Waals surface area contributed by atoms with Crippen molar-refractivity contribution in [3.05, 3.63) is 65.9 Å². The van der Waals surface area contributed by atoms with E-state index < -0.39 is 26.6 Å². The smallest absolute Gasteiger partial charge is 0.246 e. The van der Waals surface area contributed by atoms with Crippen LogP contribution in [0.1, 0.15) is 5.56 Å². The molecule has 29 heavy (non-hydrogen) atoms. The van der Waals surface area contributed by atoms with Gasteiger partial charge in [-0.15, -0.1) is 10.2 Å². The van der Waals surface area contributed by atoms with Gasteiger partial charge in [0.2, 0.25) is 10.0 Å². The first kappa shape index (κ1) is 20.6. The number of sulfonamides is 1. The standard InChI is InChI=1S/C18H18F2N6O2S/c1-12-7-8-21-17(11-12)24-16-6-5-15(25-26-16)22-9-10-23-29(27,28)18-13(19)3-2-4-14(18)20/h2-8,11,23H,9-10H2,1H3,(H,22,25)(H,21,24,26). The second kappa shape index (κ2) is 8.88. The molecular formula is C18H18F2N6O2S. The van der Waals surface area contributed by atoms with Crippen molar-refractivity contribution in [2.75, 3.05) is 23.7 Å². The number of rotatable bonds is 8. The van der Waals surface area contributed by atoms with Gasteiger partial charge in [-0.25, -0.2) is 26.9 Å². The van der Waals surface area contributed by atoms with Crippen molar-refractivity contribution in [2.24, 2.45) is 0 Å². The van der Waals surface area contributed by atoms with Gasteiger partial charge in [0.15, 0.2) is 10.7 Å². The molecule has 1 aromatic carbocycles. The van der Waals surface area contributed by atoms with Crippen LogP contribution in [-0.2, 0) is 10.0 Å². The Kier molecular flexibility index (Phi) is 6.29. The maximum Gasteiger partial charge on any atom is 0.246 e. The minimum atomic E-state index is -4.31. The zero-order valence-corrected chi connectivity index (χ0v) is 16.2. The number of hydrogen-bond donors (Lipinski definition) is 3. The first-order chi connectivity index (χ1) is 13.8. The molecule has 3 aromatic rings. The Morgan fingerprint density at radius 3 is 2.28 bits per heavy atom. The average molecular weight is 420 g/mol. The lowest BCUT2D eigenvalue weighted by Gasteiger charge is -2.10. The van der Waals surface area contributed by atoms with Crippen molar-refractivity contribution in [1.29, 1.82) is 0 Å². The topological polar surface area (TPSA) is 109 Å². The summed E-state index contributed by atoms with van der Waals surface area (Å²) in [6, 6.07) is 9.92. The summed E-state index contributed by atoms with van der Waals surface area (Å²) in [5, 5.41) is 13.8. The number of pyridine rings is 1. The van der Waals surface area contributed by atoms with E-state index in [0.29, 0.717) is 17.5 Å². The van der Waals surface area contributed by atoms with Crippen LogP contribution in [0, 0.1) is 18.6 Å². The van der Waals surface area contributed by atoms with Crippen LogP contribution >= 0.6 is 0 Å². The van der Waals surface area contributed by atoms with Gasteiger partial charge < -0.3 is 10.6 Å². The molecule has 3 rings (SSSR count). The molecule has 0 spiro atoms. The normalized spacial score (nSPS) is 11.3. The minimum absolute atomic E-state index is 0.106. The lowest BCUT2D eigenvalue weighted by Crippen LogP contribution is -2.30. The van der Waals surface area contributed by atoms with Gasteiger partial charge in [0.25, 0.3) is 0 Å². The second-order valence-corrected chi connectivity index (χ2v) is 7.73. The number of nitrogens with one attached hydrogen (secondary N) is 3. The Hall–Kier alpha value is -3.18. The molecule has 2 heterocycles. The number of aryl methyl sites for hydroxylation is 1. The third-order valence-electron chi connectivity index (χ3n) is 3.75. The molecule has 0 bridgehead atoms. The molecule has 2 aromatic heterocycles. The molecule has 0 aliphatic carbocycles. The zero-order valence-electron chi connectivity index (χ0n) is 15.4. The molecule has 0 aliphatic heterocycles. The quantitative estimate of drug-likeness (QED) is 0.481. The molecule has 3 N–H and O–H groups in total. The van der Waals surface area contributed by atoms with Crippen LogP contribution in [0.2, 0.25) is 0 Å². The molecule has 0 saturated heterocycles. The molecule has 0 saturated carbocycles. The Labute approximate surface area is 166 Å². The Morgan fingerprint density at radius 1 is 0.931 bits per heavy atom. The summed E-state index contributed by atoms with van der Waals surface area (Å²) in [5.41, 5.74) is 1.05. The third kappa shape index (κ3) is 5.42. The van der Waals surface area contributed by atoms with Crippen molar-refractivity contribution in [2.45, 2.75) is 11.8 Å². The van der Waals surface area contributed by atoms with Gasteiger partial charge in [-0.1, -0.05) is 6.07 Å². The lowest BCUT2D eigenvalue weighted by molar-refractivity contribution is 0.514. The van der Waals surface area contributed by atoms with Crippen molar-refractivity contribution in [3.63, 3.8) is 0 Å². The summed E-state index contributed by atoms with van der Waals surface area (Å²) in [4.78, 5) is 3.17. The van der Waals surface area contributed by atoms with E-state index in [1.165, 1.54) is 0 Å². The van der Waals surface area contributed by atoms with E-state index in [2.05, 4.69) is 30.5 Å². The highest BCUT2D eigenvalue weighted by molar-refractivity contribution is 7.89. The lowest BCUT2D eigenvalue weighted by atomic mass is 10.3. The molecule has 0 aliphatic rings. The van der Waals surface area contributed by atoms with Crippen LogP contribution in [0.3, 0.4) is 0 Å². The molecule has 8 nitrogen and oxygen atoms in total. The van der Waals surface area contributed by atoms with Crippen LogP contribution in [0.15, 0.2) is 53.6 Å². The van der Waals surface area contributed by atoms with Gasteiger partial charge in [-0.2, -0.15) is 0 Å². The van der Waals surface area contributed by atoms with E-state index in [0.717, 1.165) is 23.8 Å². The fourth-order valence-electron chi connectivity index (χ4n) is 2.42. The average Bonchev–Trinajstić information content (AvgIpc) is 2.66. The maximum atomic E-state index is 13.6. The Balaban J connectivity index is 1.52. The highest BCUT2D eigenvalue weighted by Gasteiger charge is 2.23. The van der Waals surface area contributed by atoms with E-state index in [4.69, 9.17) is 0 Å². The van der Waals surface area contributed by atoms with Crippen LogP contribution < -0.4 is 15.4 Å². The number of hydrogen-bond acceptors (Lipinski definition) is 7. The van der Waals surface area contributed by atoms with Crippen LogP contribution in [0.4, 0.5) is 26.2 Å². The Morgan fingerprint density at radius 2 is 1.62 bits per heavy atom. The summed E-state index contributed by atoms with van der Waals surface area (Å²) in [6.45, 7) is 1.97. The molecular weight excluding hydrogens is 402 g/mol. The number of benzene rings is 1. The largest absolute Gasteiger partial charge is 0.367 e. The minimum Gasteiger partial charge on any atom is -0.367 e. The second-order valence-electron chi connectivity index (χ2n) is 6.02. The van der Waals surface area contributed by atoms with Gasteiger partial charge >= 0.3 is 0 Å². The van der Waals surface area contributed by atoms with Crippen molar-refractivity contribution < 1.29 is 17.2 Å². The van der Waals surface area contributed by atoms with E-state index in [-0.39, 0.29) is 13.1 Å². The zero-order chi connectivity index (χ0) is 20.9. The van der Waals surface area contributed by atoms with Gasteiger partial charge in [0.1, 0.15) is 23.3 Å². The van der Waals surface area contributed by atoms with Crippen LogP contribution in [0.25, 0.3) is 0 Å². The van der Waals surface area contributed by atoms with Gasteiger partial charge in [-0.3, -0.25) is 0 Å². The summed E-state index contributed by atoms with van der Waals surface area (Å²) in [7, 11) is -4.31. The van der Waals surface area contributed by atoms with Gasteiger partial charge in [-0.05, 0) is 48.9 Å². The SMILES string of the molecule is Cc1ccnc(Nc2ccc(NCCNS(=O)(=O)c3c(F)cccc3F)nn2)c1. The molecule has 0 fully saturated rings. The van der Waals surface area contributed by atoms with Crippen LogP contribution in [-0.4, -0.2) is 36.7 Å². The molecule has 152 valence electrons. The van der Waals surface area contributed by atoms with E-state index in [1.54, 1.807) is 18.3 Å². The number of halogens is 2. The molecule has 0 amide bonds. The first-order valence-electron chi connectivity index (χ1n) is 8.56. The van der Waals surface area contributed by atoms with Crippen molar-refractivity contribution >= 4 is 27.5 Å². The number of nitrogens with zero attached hydrogens (tertiary/aromatic N) is 3. The summed E-state index contributed by atoms with van der Waals surface area (Å²) >= 11 is 0. The third-order valence-corrected chi connectivity index (χ3v) is 5.26. The number of anilines is 3. The molecule has 0 unspecified atom stereocenters. The predicted molar refractivity (Wildman–Crippen MR) is 104 cm³/mol. The van der Waals surface area contributed by atoms with Gasteiger partial charge in [0.05, 0.1) is 0 Å². The highest BCUT2D eigenvalue weighted by atomic mass is 32.2. The van der Waals surface area contributed by atoms with Crippen molar-refractivity contribution in [1.82, 2.24) is 19.9 Å². The number of aromatic nitrogens is 3. The van der Waals surface area contributed by atoms with E-state index in [9.17, 15) is 17.2 Å². The molecule has 11 heteroatoms. The summed E-state index contributed by atoms with van der Waals surface area (Å²) in [6.07, 6.45) is 1.68. The van der Waals surface area contributed by atoms with Crippen LogP contribution in [0.5, 0.6) is 0 Å². The fraction of sp³-hybridized carbons (Fsp3) is 0.167. The monoisotopic (exact) mass is 420 g/mol. The van der Waals surface area contributed by atoms with Gasteiger partial charge in [0, 0.05) is 19.3 Å². The first-order valence-corrected chi connectivity index (χ1v) is 10.0. The molecule has 0 atom stereocenters. The predicted octanol–water partition coefficient (Wildman–Crippen LogP) is 2.59. The summed E-state index contributed by atoms with van der Waals surface area (Å²) in [5.74, 6) is -0.770. The van der Waals surface area contributed by atoms with E-state index >= 15 is 0 Å². The Bertz CT molecular complexity index is 1070. The maximum absolute atomic E-state index is 13.6.